The van der Waals surface area contributed by atoms with E-state index < -0.39 is 18.4 Å². The molecule has 0 bridgehead atoms. The summed E-state index contributed by atoms with van der Waals surface area (Å²) in [5.41, 5.74) is 4.05. The van der Waals surface area contributed by atoms with Gasteiger partial charge in [0.1, 0.15) is 0 Å². The molecule has 0 aliphatic heterocycles. The van der Waals surface area contributed by atoms with Crippen molar-refractivity contribution < 1.29 is 4.74 Å². The van der Waals surface area contributed by atoms with E-state index in [1.165, 1.54) is 55.5 Å². The number of unbranched alkanes of at least 4 members (excludes halogenated alkanes) is 3. The van der Waals surface area contributed by atoms with Gasteiger partial charge < -0.3 is 0 Å². The van der Waals surface area contributed by atoms with E-state index in [0.29, 0.717) is 0 Å². The summed E-state index contributed by atoms with van der Waals surface area (Å²) in [4.78, 5) is 10.3. The summed E-state index contributed by atoms with van der Waals surface area (Å²) in [5.74, 6) is 0.861. The first-order chi connectivity index (χ1) is 16.2. The number of hydrogen-bond acceptors (Lipinski definition) is 3. The second kappa shape index (κ2) is 13.1. The minimum absolute atomic E-state index is 0.861. The number of benzene rings is 1. The van der Waals surface area contributed by atoms with Crippen LogP contribution in [-0.2, 0) is 0 Å². The second-order valence-corrected chi connectivity index (χ2v) is 22.2. The molecule has 4 heteroatoms. The molecule has 2 heterocycles. The van der Waals surface area contributed by atoms with Gasteiger partial charge in [-0.3, -0.25) is 0 Å². The molecule has 0 saturated carbocycles. The van der Waals surface area contributed by atoms with Gasteiger partial charge in [0.15, 0.2) is 0 Å². The van der Waals surface area contributed by atoms with E-state index in [1.54, 1.807) is 7.11 Å². The Bertz CT molecular complexity index is 965. The van der Waals surface area contributed by atoms with Gasteiger partial charge >= 0.3 is 206 Å². The monoisotopic (exact) mass is 552 g/mol. The Morgan fingerprint density at radius 2 is 1.15 bits per heavy atom. The van der Waals surface area contributed by atoms with Gasteiger partial charge in [-0.15, -0.1) is 0 Å². The maximum atomic E-state index is 5.35. The predicted molar refractivity (Wildman–Crippen MR) is 144 cm³/mol. The zero-order valence-corrected chi connectivity index (χ0v) is 23.8. The number of ether oxygens (including phenoxy) is 1. The van der Waals surface area contributed by atoms with Crippen LogP contribution in [0.3, 0.4) is 0 Å². The number of nitrogens with zero attached hydrogens (tertiary/aromatic N) is 2. The summed E-state index contributed by atoms with van der Waals surface area (Å²) >= 11 is -2.57. The first-order valence-corrected chi connectivity index (χ1v) is 20.2. The molecule has 0 fully saturated rings. The van der Waals surface area contributed by atoms with Gasteiger partial charge in [0.05, 0.1) is 0 Å². The molecule has 0 spiro atoms. The number of pyridine rings is 2. The molecule has 33 heavy (non-hydrogen) atoms. The van der Waals surface area contributed by atoms with Crippen LogP contribution in [0.2, 0.25) is 13.3 Å². The Balaban J connectivity index is 1.97. The summed E-state index contributed by atoms with van der Waals surface area (Å²) in [5, 5.41) is 0. The Labute approximate surface area is 204 Å². The fraction of sp³-hybridized carbons (Fsp3) is 0.448. The second-order valence-electron chi connectivity index (χ2n) is 9.14. The van der Waals surface area contributed by atoms with E-state index in [2.05, 4.69) is 69.3 Å². The molecular formula is C29H40N2OSn. The molecule has 0 saturated heterocycles. The molecule has 0 radical (unpaired) electrons. The quantitative estimate of drug-likeness (QED) is 0.203. The van der Waals surface area contributed by atoms with Gasteiger partial charge in [0.2, 0.25) is 0 Å². The molecule has 3 aromatic rings. The number of hydrogen-bond donors (Lipinski definition) is 0. The van der Waals surface area contributed by atoms with E-state index in [-0.39, 0.29) is 0 Å². The van der Waals surface area contributed by atoms with Gasteiger partial charge in [0, 0.05) is 0 Å². The summed E-state index contributed by atoms with van der Waals surface area (Å²) in [6.45, 7) is 6.98. The van der Waals surface area contributed by atoms with Crippen LogP contribution < -0.4 is 8.45 Å². The van der Waals surface area contributed by atoms with Crippen LogP contribution in [-0.4, -0.2) is 35.5 Å². The van der Waals surface area contributed by atoms with Crippen molar-refractivity contribution in [3.8, 4) is 28.4 Å². The number of methoxy groups -OCH3 is 1. The molecular weight excluding hydrogens is 511 g/mol. The molecule has 0 aliphatic rings. The van der Waals surface area contributed by atoms with E-state index in [1.807, 2.05) is 12.1 Å². The molecule has 0 unspecified atom stereocenters. The zero-order chi connectivity index (χ0) is 23.5. The SMILES string of the molecule is CCC[CH2][Sn]([CH2]CCC)([CH2]CCC)[c]1cccc(-c2cccc(-c3ccc(OC)cc3)n2)n1. The van der Waals surface area contributed by atoms with Crippen molar-refractivity contribution in [3.63, 3.8) is 0 Å². The first-order valence-electron chi connectivity index (χ1n) is 12.7. The summed E-state index contributed by atoms with van der Waals surface area (Å²) < 4.78 is 11.1. The van der Waals surface area contributed by atoms with Crippen molar-refractivity contribution in [1.82, 2.24) is 9.97 Å². The molecule has 0 amide bonds. The Morgan fingerprint density at radius 1 is 0.636 bits per heavy atom. The van der Waals surface area contributed by atoms with Crippen LogP contribution in [0.15, 0.2) is 60.7 Å². The van der Waals surface area contributed by atoms with E-state index in [4.69, 9.17) is 14.7 Å². The number of aromatic nitrogens is 2. The molecule has 3 rings (SSSR count). The van der Waals surface area contributed by atoms with Crippen LogP contribution in [0, 0.1) is 0 Å². The maximum absolute atomic E-state index is 5.35. The van der Waals surface area contributed by atoms with Crippen LogP contribution in [0.4, 0.5) is 0 Å². The molecule has 3 nitrogen and oxygen atoms in total. The van der Waals surface area contributed by atoms with Gasteiger partial charge in [-0.1, -0.05) is 0 Å². The van der Waals surface area contributed by atoms with E-state index in [9.17, 15) is 0 Å². The molecule has 1 aromatic carbocycles. The Kier molecular flexibility index (Phi) is 10.2. The average Bonchev–Trinajstić information content (AvgIpc) is 2.89. The van der Waals surface area contributed by atoms with Gasteiger partial charge in [-0.05, 0) is 0 Å². The molecule has 176 valence electrons. The standard InChI is InChI=1S/C17H13N2O.3C4H9.Sn/c1-20-14-10-8-13(9-11-14)15-6-4-7-17(19-15)16-5-2-3-12-18-16;3*1-3-4-2;/h2-11H,1H3;3*1,3-4H2,2H3;. The average molecular weight is 551 g/mol. The third-order valence-corrected chi connectivity index (χ3v) is 21.8. The summed E-state index contributed by atoms with van der Waals surface area (Å²) in [6, 6.07) is 21.1. The Morgan fingerprint density at radius 3 is 1.70 bits per heavy atom. The third kappa shape index (κ3) is 6.81. The predicted octanol–water partition coefficient (Wildman–Crippen LogP) is 7.88. The van der Waals surface area contributed by atoms with Gasteiger partial charge in [-0.25, -0.2) is 0 Å². The molecule has 0 atom stereocenters. The topological polar surface area (TPSA) is 35.0 Å². The molecule has 2 aromatic heterocycles. The fourth-order valence-electron chi connectivity index (χ4n) is 4.68. The van der Waals surface area contributed by atoms with Crippen molar-refractivity contribution in [2.75, 3.05) is 7.11 Å². The van der Waals surface area contributed by atoms with Crippen molar-refractivity contribution in [1.29, 1.82) is 0 Å². The van der Waals surface area contributed by atoms with Crippen LogP contribution >= 0.6 is 0 Å². The summed E-state index contributed by atoms with van der Waals surface area (Å²) in [6.07, 6.45) is 7.88. The van der Waals surface area contributed by atoms with E-state index >= 15 is 0 Å². The van der Waals surface area contributed by atoms with Crippen LogP contribution in [0.25, 0.3) is 22.6 Å². The first kappa shape index (κ1) is 25.7. The van der Waals surface area contributed by atoms with E-state index in [0.717, 1.165) is 28.4 Å². The van der Waals surface area contributed by atoms with Gasteiger partial charge in [-0.2, -0.15) is 0 Å². The van der Waals surface area contributed by atoms with Crippen molar-refractivity contribution >= 4 is 22.1 Å². The van der Waals surface area contributed by atoms with Crippen LogP contribution in [0.5, 0.6) is 5.75 Å². The van der Waals surface area contributed by atoms with Gasteiger partial charge in [0.25, 0.3) is 0 Å². The van der Waals surface area contributed by atoms with Crippen molar-refractivity contribution in [2.24, 2.45) is 0 Å². The number of rotatable bonds is 13. The van der Waals surface area contributed by atoms with Crippen LogP contribution in [0.1, 0.15) is 59.3 Å². The molecule has 0 N–H and O–H groups in total. The summed E-state index contributed by atoms with van der Waals surface area (Å²) in [7, 11) is 1.69. The van der Waals surface area contributed by atoms with Crippen molar-refractivity contribution in [2.45, 2.75) is 72.6 Å². The van der Waals surface area contributed by atoms with Crippen molar-refractivity contribution in [3.05, 3.63) is 60.7 Å². The normalized spacial score (nSPS) is 11.5. The molecule has 0 aliphatic carbocycles. The fourth-order valence-corrected chi connectivity index (χ4v) is 20.1. The minimum atomic E-state index is -2.57. The third-order valence-electron chi connectivity index (χ3n) is 6.72. The Hall–Kier alpha value is -1.88. The zero-order valence-electron chi connectivity index (χ0n) is 20.9.